The van der Waals surface area contributed by atoms with Gasteiger partial charge in [-0.3, -0.25) is 9.67 Å². The van der Waals surface area contributed by atoms with Crippen molar-refractivity contribution in [3.8, 4) is 0 Å². The SMILES string of the molecule is CCNC(=NCCCn1cc(C)cn1)NC1CCN(c2ccc(Br)cc2)C1. The maximum Gasteiger partial charge on any atom is 0.191 e. The summed E-state index contributed by atoms with van der Waals surface area (Å²) < 4.78 is 3.10. The second-order valence-electron chi connectivity index (χ2n) is 6.95. The first-order chi connectivity index (χ1) is 13.1. The second kappa shape index (κ2) is 9.78. The standard InChI is InChI=1S/C20H29BrN6/c1-3-22-20(23-10-4-11-27-14-16(2)13-24-27)25-18-9-12-26(15-18)19-7-5-17(21)6-8-19/h5-8,13-14,18H,3-4,9-12,15H2,1-2H3,(H2,22,23,25). The van der Waals surface area contributed by atoms with E-state index in [2.05, 4.69) is 80.9 Å². The van der Waals surface area contributed by atoms with Gasteiger partial charge in [-0.15, -0.1) is 0 Å². The third-order valence-electron chi connectivity index (χ3n) is 4.64. The maximum absolute atomic E-state index is 4.74. The highest BCUT2D eigenvalue weighted by molar-refractivity contribution is 9.10. The van der Waals surface area contributed by atoms with Gasteiger partial charge < -0.3 is 15.5 Å². The highest BCUT2D eigenvalue weighted by atomic mass is 79.9. The number of aliphatic imine (C=N–C) groups is 1. The van der Waals surface area contributed by atoms with Gasteiger partial charge in [0.25, 0.3) is 0 Å². The Morgan fingerprint density at radius 3 is 2.85 bits per heavy atom. The van der Waals surface area contributed by atoms with Crippen LogP contribution < -0.4 is 15.5 Å². The predicted molar refractivity (Wildman–Crippen MR) is 115 cm³/mol. The highest BCUT2D eigenvalue weighted by Gasteiger charge is 2.23. The van der Waals surface area contributed by atoms with Crippen LogP contribution in [0, 0.1) is 6.92 Å². The average Bonchev–Trinajstić information content (AvgIpc) is 3.28. The fraction of sp³-hybridized carbons (Fsp3) is 0.500. The third-order valence-corrected chi connectivity index (χ3v) is 5.17. The number of nitrogens with zero attached hydrogens (tertiary/aromatic N) is 4. The Morgan fingerprint density at radius 1 is 1.33 bits per heavy atom. The fourth-order valence-electron chi connectivity index (χ4n) is 3.29. The van der Waals surface area contributed by atoms with E-state index in [0.717, 1.165) is 56.0 Å². The molecule has 1 aromatic carbocycles. The van der Waals surface area contributed by atoms with Crippen LogP contribution in [-0.4, -0.2) is 48.0 Å². The minimum Gasteiger partial charge on any atom is -0.369 e. The van der Waals surface area contributed by atoms with E-state index in [0.29, 0.717) is 6.04 Å². The van der Waals surface area contributed by atoms with Crippen LogP contribution >= 0.6 is 15.9 Å². The van der Waals surface area contributed by atoms with E-state index >= 15 is 0 Å². The molecule has 0 saturated carbocycles. The zero-order chi connectivity index (χ0) is 19.1. The topological polar surface area (TPSA) is 57.5 Å². The summed E-state index contributed by atoms with van der Waals surface area (Å²) in [5.41, 5.74) is 2.48. The van der Waals surface area contributed by atoms with E-state index < -0.39 is 0 Å². The Balaban J connectivity index is 1.47. The van der Waals surface area contributed by atoms with Crippen LogP contribution in [0.15, 0.2) is 46.1 Å². The van der Waals surface area contributed by atoms with Gasteiger partial charge in [0, 0.05) is 55.1 Å². The molecule has 3 rings (SSSR count). The van der Waals surface area contributed by atoms with Gasteiger partial charge in [-0.25, -0.2) is 0 Å². The molecule has 27 heavy (non-hydrogen) atoms. The summed E-state index contributed by atoms with van der Waals surface area (Å²) >= 11 is 3.50. The maximum atomic E-state index is 4.74. The first-order valence-electron chi connectivity index (χ1n) is 9.68. The summed E-state index contributed by atoms with van der Waals surface area (Å²) in [4.78, 5) is 7.16. The number of aryl methyl sites for hydroxylation is 2. The number of nitrogens with one attached hydrogen (secondary N) is 2. The van der Waals surface area contributed by atoms with Crippen molar-refractivity contribution >= 4 is 27.6 Å². The number of aromatic nitrogens is 2. The summed E-state index contributed by atoms with van der Waals surface area (Å²) in [5.74, 6) is 0.914. The molecular weight excluding hydrogens is 404 g/mol. The molecule has 146 valence electrons. The predicted octanol–water partition coefficient (Wildman–Crippen LogP) is 3.18. The Bertz CT molecular complexity index is 739. The number of anilines is 1. The van der Waals surface area contributed by atoms with Gasteiger partial charge in [0.1, 0.15) is 0 Å². The van der Waals surface area contributed by atoms with Gasteiger partial charge in [0.2, 0.25) is 0 Å². The molecule has 2 N–H and O–H groups in total. The van der Waals surface area contributed by atoms with Crippen LogP contribution in [0.25, 0.3) is 0 Å². The monoisotopic (exact) mass is 432 g/mol. The molecule has 1 fully saturated rings. The third kappa shape index (κ3) is 5.99. The molecule has 1 saturated heterocycles. The van der Waals surface area contributed by atoms with Crippen molar-refractivity contribution in [2.75, 3.05) is 31.1 Å². The van der Waals surface area contributed by atoms with E-state index in [1.54, 1.807) is 0 Å². The second-order valence-corrected chi connectivity index (χ2v) is 7.86. The lowest BCUT2D eigenvalue weighted by Gasteiger charge is -2.20. The summed E-state index contributed by atoms with van der Waals surface area (Å²) in [6.45, 7) is 8.79. The average molecular weight is 433 g/mol. The molecule has 7 heteroatoms. The molecule has 6 nitrogen and oxygen atoms in total. The van der Waals surface area contributed by atoms with Crippen molar-refractivity contribution in [1.29, 1.82) is 0 Å². The van der Waals surface area contributed by atoms with Gasteiger partial charge in [0.05, 0.1) is 6.20 Å². The van der Waals surface area contributed by atoms with Crippen molar-refractivity contribution in [3.05, 3.63) is 46.7 Å². The number of rotatable bonds is 7. The van der Waals surface area contributed by atoms with E-state index in [4.69, 9.17) is 4.99 Å². The lowest BCUT2D eigenvalue weighted by molar-refractivity contribution is 0.581. The molecule has 0 radical (unpaired) electrons. The summed E-state index contributed by atoms with van der Waals surface area (Å²) in [7, 11) is 0. The molecule has 0 amide bonds. The molecule has 2 heterocycles. The minimum atomic E-state index is 0.417. The van der Waals surface area contributed by atoms with Gasteiger partial charge in [-0.1, -0.05) is 15.9 Å². The Hall–Kier alpha value is -2.02. The van der Waals surface area contributed by atoms with Crippen molar-refractivity contribution in [2.24, 2.45) is 4.99 Å². The van der Waals surface area contributed by atoms with E-state index in [1.807, 2.05) is 10.9 Å². The Kier molecular flexibility index (Phi) is 7.15. The van der Waals surface area contributed by atoms with Crippen molar-refractivity contribution in [2.45, 2.75) is 39.3 Å². The van der Waals surface area contributed by atoms with Crippen LogP contribution in [0.4, 0.5) is 5.69 Å². The lowest BCUT2D eigenvalue weighted by atomic mass is 10.3. The zero-order valence-corrected chi connectivity index (χ0v) is 17.7. The first-order valence-corrected chi connectivity index (χ1v) is 10.5. The summed E-state index contributed by atoms with van der Waals surface area (Å²) in [6.07, 6.45) is 6.06. The highest BCUT2D eigenvalue weighted by Crippen LogP contribution is 2.22. The quantitative estimate of drug-likeness (QED) is 0.400. The van der Waals surface area contributed by atoms with Gasteiger partial charge in [-0.2, -0.15) is 5.10 Å². The van der Waals surface area contributed by atoms with E-state index in [9.17, 15) is 0 Å². The largest absolute Gasteiger partial charge is 0.369 e. The van der Waals surface area contributed by atoms with Gasteiger partial charge in [0.15, 0.2) is 5.96 Å². The smallest absolute Gasteiger partial charge is 0.191 e. The van der Waals surface area contributed by atoms with Crippen LogP contribution in [0.5, 0.6) is 0 Å². The molecule has 1 aromatic heterocycles. The lowest BCUT2D eigenvalue weighted by Crippen LogP contribution is -2.44. The van der Waals surface area contributed by atoms with Crippen molar-refractivity contribution in [1.82, 2.24) is 20.4 Å². The molecule has 0 bridgehead atoms. The van der Waals surface area contributed by atoms with Gasteiger partial charge >= 0.3 is 0 Å². The number of guanidine groups is 1. The number of benzene rings is 1. The zero-order valence-electron chi connectivity index (χ0n) is 16.2. The van der Waals surface area contributed by atoms with E-state index in [-0.39, 0.29) is 0 Å². The van der Waals surface area contributed by atoms with Crippen molar-refractivity contribution < 1.29 is 0 Å². The molecule has 1 aliphatic heterocycles. The summed E-state index contributed by atoms with van der Waals surface area (Å²) in [6, 6.07) is 8.96. The summed E-state index contributed by atoms with van der Waals surface area (Å²) in [5, 5.41) is 11.3. The van der Waals surface area contributed by atoms with Crippen LogP contribution in [0.1, 0.15) is 25.3 Å². The normalized spacial score (nSPS) is 17.4. The van der Waals surface area contributed by atoms with Crippen LogP contribution in [0.3, 0.4) is 0 Å². The van der Waals surface area contributed by atoms with Crippen LogP contribution in [0.2, 0.25) is 0 Å². The molecule has 1 unspecified atom stereocenters. The molecule has 0 aliphatic carbocycles. The molecular formula is C20H29BrN6. The number of halogens is 1. The van der Waals surface area contributed by atoms with Gasteiger partial charge in [-0.05, 0) is 56.5 Å². The fourth-order valence-corrected chi connectivity index (χ4v) is 3.56. The molecule has 1 aliphatic rings. The molecule has 2 aromatic rings. The van der Waals surface area contributed by atoms with Crippen molar-refractivity contribution in [3.63, 3.8) is 0 Å². The number of hydrogen-bond acceptors (Lipinski definition) is 3. The van der Waals surface area contributed by atoms with Crippen LogP contribution in [-0.2, 0) is 6.54 Å². The number of hydrogen-bond donors (Lipinski definition) is 2. The minimum absolute atomic E-state index is 0.417. The molecule has 1 atom stereocenters. The Labute approximate surface area is 170 Å². The van der Waals surface area contributed by atoms with E-state index in [1.165, 1.54) is 11.3 Å². The molecule has 0 spiro atoms. The first kappa shape index (κ1) is 19.7. The Morgan fingerprint density at radius 2 is 2.15 bits per heavy atom.